The molecule has 2 aromatic carbocycles. The second kappa shape index (κ2) is 9.38. The van der Waals surface area contributed by atoms with Gasteiger partial charge in [0, 0.05) is 31.7 Å². The Morgan fingerprint density at radius 3 is 2.60 bits per heavy atom. The number of morpholine rings is 1. The van der Waals surface area contributed by atoms with E-state index in [1.807, 2.05) is 18.2 Å². The molecule has 1 saturated heterocycles. The largest absolute Gasteiger partial charge is 0.379 e. The molecule has 1 N–H and O–H groups in total. The molecule has 156 valence electrons. The van der Waals surface area contributed by atoms with Crippen molar-refractivity contribution in [3.63, 3.8) is 0 Å². The molecule has 0 atom stereocenters. The minimum absolute atomic E-state index is 0.251. The van der Waals surface area contributed by atoms with Gasteiger partial charge in [-0.25, -0.2) is 9.07 Å². The summed E-state index contributed by atoms with van der Waals surface area (Å²) in [6, 6.07) is 14.9. The first kappa shape index (κ1) is 20.5. The van der Waals surface area contributed by atoms with Crippen LogP contribution in [0.5, 0.6) is 0 Å². The Morgan fingerprint density at radius 2 is 1.87 bits per heavy atom. The van der Waals surface area contributed by atoms with Gasteiger partial charge in [0.05, 0.1) is 29.6 Å². The van der Waals surface area contributed by atoms with Gasteiger partial charge in [0.1, 0.15) is 11.5 Å². The number of carbonyl (C=O) groups is 1. The number of halogens is 2. The van der Waals surface area contributed by atoms with Crippen LogP contribution in [0.3, 0.4) is 0 Å². The Bertz CT molecular complexity index is 1020. The highest BCUT2D eigenvalue weighted by Crippen LogP contribution is 2.28. The van der Waals surface area contributed by atoms with Gasteiger partial charge in [-0.1, -0.05) is 29.8 Å². The lowest BCUT2D eigenvalue weighted by Crippen LogP contribution is -2.41. The second-order valence-corrected chi connectivity index (χ2v) is 7.40. The molecule has 1 aliphatic heterocycles. The van der Waals surface area contributed by atoms with Crippen LogP contribution in [0.25, 0.3) is 16.9 Å². The number of aromatic nitrogens is 2. The molecule has 3 aromatic rings. The summed E-state index contributed by atoms with van der Waals surface area (Å²) in [6.07, 6.45) is 0. The number of nitrogens with zero attached hydrogens (tertiary/aromatic N) is 3. The third kappa shape index (κ3) is 4.70. The summed E-state index contributed by atoms with van der Waals surface area (Å²) in [6.45, 7) is 4.41. The van der Waals surface area contributed by atoms with Crippen molar-refractivity contribution < 1.29 is 13.9 Å². The fraction of sp³-hybridized carbons (Fsp3) is 0.273. The molecule has 2 heterocycles. The summed E-state index contributed by atoms with van der Waals surface area (Å²) in [5.74, 6) is -0.605. The van der Waals surface area contributed by atoms with Crippen molar-refractivity contribution in [2.75, 3.05) is 39.4 Å². The lowest BCUT2D eigenvalue weighted by Gasteiger charge is -2.26. The first-order valence-corrected chi connectivity index (χ1v) is 10.2. The maximum absolute atomic E-state index is 13.4. The highest BCUT2D eigenvalue weighted by molar-refractivity contribution is 6.33. The minimum Gasteiger partial charge on any atom is -0.379 e. The number of nitrogens with one attached hydrogen (secondary N) is 1. The van der Waals surface area contributed by atoms with Crippen molar-refractivity contribution in [1.29, 1.82) is 0 Å². The summed E-state index contributed by atoms with van der Waals surface area (Å²) < 4.78 is 20.2. The van der Waals surface area contributed by atoms with Crippen LogP contribution in [-0.2, 0) is 4.74 Å². The summed E-state index contributed by atoms with van der Waals surface area (Å²) in [5.41, 5.74) is 2.25. The van der Waals surface area contributed by atoms with Crippen LogP contribution < -0.4 is 5.32 Å². The van der Waals surface area contributed by atoms with Gasteiger partial charge < -0.3 is 10.1 Å². The monoisotopic (exact) mass is 428 g/mol. The molecule has 0 radical (unpaired) electrons. The fourth-order valence-corrected chi connectivity index (χ4v) is 3.60. The number of amides is 1. The number of rotatable bonds is 6. The highest BCUT2D eigenvalue weighted by atomic mass is 35.5. The molecule has 0 bridgehead atoms. The van der Waals surface area contributed by atoms with Gasteiger partial charge in [-0.05, 0) is 36.4 Å². The molecule has 0 aliphatic carbocycles. The molecule has 4 rings (SSSR count). The predicted molar refractivity (Wildman–Crippen MR) is 114 cm³/mol. The van der Waals surface area contributed by atoms with Crippen LogP contribution in [0.4, 0.5) is 4.39 Å². The van der Waals surface area contributed by atoms with E-state index >= 15 is 0 Å². The molecule has 0 spiro atoms. The molecular weight excluding hydrogens is 407 g/mol. The second-order valence-electron chi connectivity index (χ2n) is 6.99. The standard InChI is InChI=1S/C22H22ClFN4O2/c23-19-4-2-1-3-18(19)20-15-21(28(26-20)17-7-5-16(24)6-8-17)22(29)25-9-10-27-11-13-30-14-12-27/h1-8,15H,9-14H2,(H,25,29). The Balaban J connectivity index is 1.58. The molecule has 1 amide bonds. The molecule has 8 heteroatoms. The zero-order valence-electron chi connectivity index (χ0n) is 16.4. The SMILES string of the molecule is O=C(NCCN1CCOCC1)c1cc(-c2ccccc2Cl)nn1-c1ccc(F)cc1. The van der Waals surface area contributed by atoms with Crippen molar-refractivity contribution in [3.8, 4) is 16.9 Å². The topological polar surface area (TPSA) is 59.4 Å². The van der Waals surface area contributed by atoms with Gasteiger partial charge in [-0.15, -0.1) is 0 Å². The maximum Gasteiger partial charge on any atom is 0.270 e. The van der Waals surface area contributed by atoms with Crippen LogP contribution >= 0.6 is 11.6 Å². The van der Waals surface area contributed by atoms with E-state index in [2.05, 4.69) is 15.3 Å². The van der Waals surface area contributed by atoms with Crippen LogP contribution in [0.1, 0.15) is 10.5 Å². The van der Waals surface area contributed by atoms with E-state index in [-0.39, 0.29) is 11.7 Å². The number of hydrogen-bond donors (Lipinski definition) is 1. The average molecular weight is 429 g/mol. The Hall–Kier alpha value is -2.74. The maximum atomic E-state index is 13.4. The highest BCUT2D eigenvalue weighted by Gasteiger charge is 2.19. The zero-order valence-corrected chi connectivity index (χ0v) is 17.1. The predicted octanol–water partition coefficient (Wildman–Crippen LogP) is 3.39. The van der Waals surface area contributed by atoms with E-state index in [0.29, 0.717) is 41.9 Å². The van der Waals surface area contributed by atoms with Crippen molar-refractivity contribution in [1.82, 2.24) is 20.0 Å². The van der Waals surface area contributed by atoms with Gasteiger partial charge in [0.25, 0.3) is 5.91 Å². The average Bonchev–Trinajstić information content (AvgIpc) is 3.20. The van der Waals surface area contributed by atoms with Crippen molar-refractivity contribution >= 4 is 17.5 Å². The van der Waals surface area contributed by atoms with Crippen molar-refractivity contribution in [2.45, 2.75) is 0 Å². The summed E-state index contributed by atoms with van der Waals surface area (Å²) in [7, 11) is 0. The zero-order chi connectivity index (χ0) is 20.9. The fourth-order valence-electron chi connectivity index (χ4n) is 3.37. The quantitative estimate of drug-likeness (QED) is 0.653. The van der Waals surface area contributed by atoms with Crippen LogP contribution in [0.15, 0.2) is 54.6 Å². The Morgan fingerprint density at radius 1 is 1.13 bits per heavy atom. The van der Waals surface area contributed by atoms with Gasteiger partial charge in [-0.2, -0.15) is 5.10 Å². The van der Waals surface area contributed by atoms with Crippen LogP contribution in [-0.4, -0.2) is 60.0 Å². The Labute approximate surface area is 179 Å². The molecular formula is C22H22ClFN4O2. The third-order valence-electron chi connectivity index (χ3n) is 4.98. The lowest BCUT2D eigenvalue weighted by atomic mass is 10.1. The van der Waals surface area contributed by atoms with Gasteiger partial charge in [0.15, 0.2) is 0 Å². The first-order valence-electron chi connectivity index (χ1n) is 9.81. The summed E-state index contributed by atoms with van der Waals surface area (Å²) >= 11 is 6.32. The molecule has 1 fully saturated rings. The first-order chi connectivity index (χ1) is 14.6. The number of ether oxygens (including phenoxy) is 1. The lowest BCUT2D eigenvalue weighted by molar-refractivity contribution is 0.0383. The van der Waals surface area contributed by atoms with Crippen molar-refractivity contribution in [2.24, 2.45) is 0 Å². The van der Waals surface area contributed by atoms with E-state index in [4.69, 9.17) is 16.3 Å². The third-order valence-corrected chi connectivity index (χ3v) is 5.31. The summed E-state index contributed by atoms with van der Waals surface area (Å²) in [4.78, 5) is 15.2. The van der Waals surface area contributed by atoms with Crippen LogP contribution in [0, 0.1) is 5.82 Å². The Kier molecular flexibility index (Phi) is 6.42. The van der Waals surface area contributed by atoms with E-state index < -0.39 is 0 Å². The normalized spacial score (nSPS) is 14.6. The van der Waals surface area contributed by atoms with E-state index in [1.54, 1.807) is 24.3 Å². The van der Waals surface area contributed by atoms with E-state index in [9.17, 15) is 9.18 Å². The number of benzene rings is 2. The van der Waals surface area contributed by atoms with Gasteiger partial charge >= 0.3 is 0 Å². The molecule has 30 heavy (non-hydrogen) atoms. The van der Waals surface area contributed by atoms with E-state index in [0.717, 1.165) is 25.2 Å². The number of hydrogen-bond acceptors (Lipinski definition) is 4. The van der Waals surface area contributed by atoms with Crippen molar-refractivity contribution in [3.05, 3.63) is 71.1 Å². The van der Waals surface area contributed by atoms with E-state index in [1.165, 1.54) is 16.8 Å². The molecule has 0 unspecified atom stereocenters. The smallest absolute Gasteiger partial charge is 0.270 e. The molecule has 1 aliphatic rings. The minimum atomic E-state index is -0.353. The summed E-state index contributed by atoms with van der Waals surface area (Å²) in [5, 5.41) is 8.08. The van der Waals surface area contributed by atoms with Crippen LogP contribution in [0.2, 0.25) is 5.02 Å². The molecule has 0 saturated carbocycles. The number of carbonyl (C=O) groups excluding carboxylic acids is 1. The van der Waals surface area contributed by atoms with Gasteiger partial charge in [0.2, 0.25) is 0 Å². The molecule has 1 aromatic heterocycles. The molecule has 6 nitrogen and oxygen atoms in total. The van der Waals surface area contributed by atoms with Gasteiger partial charge in [-0.3, -0.25) is 9.69 Å².